The summed E-state index contributed by atoms with van der Waals surface area (Å²) in [5.74, 6) is 0.796. The summed E-state index contributed by atoms with van der Waals surface area (Å²) in [6.07, 6.45) is 2.66. The molecule has 0 saturated heterocycles. The number of anilines is 1. The fourth-order valence-electron chi connectivity index (χ4n) is 5.13. The number of hydrogen-bond acceptors (Lipinski definition) is 3. The van der Waals surface area contributed by atoms with Crippen molar-refractivity contribution in [2.45, 2.75) is 40.5 Å². The van der Waals surface area contributed by atoms with Gasteiger partial charge < -0.3 is 10.6 Å². The number of fused-ring (bicyclic) bond motifs is 3. The molecule has 0 amide bonds. The first-order valence-corrected chi connectivity index (χ1v) is 11.4. The summed E-state index contributed by atoms with van der Waals surface area (Å²) in [7, 11) is 0. The molecule has 1 fully saturated rings. The zero-order chi connectivity index (χ0) is 21.7. The zero-order valence-corrected chi connectivity index (χ0v) is 19.1. The van der Waals surface area contributed by atoms with E-state index >= 15 is 0 Å². The highest BCUT2D eigenvalue weighted by atomic mass is 15.2. The summed E-state index contributed by atoms with van der Waals surface area (Å²) in [5, 5.41) is 2.51. The predicted octanol–water partition coefficient (Wildman–Crippen LogP) is 5.59. The van der Waals surface area contributed by atoms with E-state index in [9.17, 15) is 0 Å². The third-order valence-corrected chi connectivity index (χ3v) is 6.51. The largest absolute Gasteiger partial charge is 0.369 e. The van der Waals surface area contributed by atoms with Crippen molar-refractivity contribution in [2.24, 2.45) is 11.7 Å². The molecule has 1 aliphatic rings. The van der Waals surface area contributed by atoms with E-state index in [1.54, 1.807) is 0 Å². The molecule has 2 heterocycles. The van der Waals surface area contributed by atoms with Gasteiger partial charge >= 0.3 is 0 Å². The third-order valence-electron chi connectivity index (χ3n) is 6.51. The second kappa shape index (κ2) is 7.69. The van der Waals surface area contributed by atoms with Crippen LogP contribution in [0.25, 0.3) is 27.6 Å². The molecule has 0 atom stereocenters. The number of aryl methyl sites for hydroxylation is 4. The van der Waals surface area contributed by atoms with Crippen LogP contribution in [0.3, 0.4) is 0 Å². The van der Waals surface area contributed by atoms with Gasteiger partial charge in [-0.05, 0) is 69.7 Å². The molecule has 0 bridgehead atoms. The maximum Gasteiger partial charge on any atom is 0.147 e. The van der Waals surface area contributed by atoms with Gasteiger partial charge in [0.25, 0.3) is 0 Å². The monoisotopic (exact) mass is 412 g/mol. The molecule has 4 heteroatoms. The van der Waals surface area contributed by atoms with Gasteiger partial charge in [-0.2, -0.15) is 0 Å². The van der Waals surface area contributed by atoms with E-state index in [0.717, 1.165) is 30.3 Å². The molecule has 0 aliphatic heterocycles. The Labute approximate surface area is 184 Å². The highest BCUT2D eigenvalue weighted by Gasteiger charge is 2.27. The van der Waals surface area contributed by atoms with Crippen LogP contribution in [0, 0.1) is 33.6 Å². The Bertz CT molecular complexity index is 1260. The summed E-state index contributed by atoms with van der Waals surface area (Å²) < 4.78 is 2.38. The van der Waals surface area contributed by atoms with E-state index in [2.05, 4.69) is 79.6 Å². The summed E-state index contributed by atoms with van der Waals surface area (Å²) in [5.41, 5.74) is 15.7. The molecule has 4 aromatic rings. The first-order chi connectivity index (χ1) is 15.0. The lowest BCUT2D eigenvalue weighted by molar-refractivity contribution is 0.723. The minimum atomic E-state index is 0.657. The maximum absolute atomic E-state index is 6.05. The van der Waals surface area contributed by atoms with Crippen molar-refractivity contribution in [1.29, 1.82) is 0 Å². The summed E-state index contributed by atoms with van der Waals surface area (Å²) in [6, 6.07) is 15.5. The first kappa shape index (κ1) is 20.1. The van der Waals surface area contributed by atoms with E-state index in [1.165, 1.54) is 57.2 Å². The van der Waals surface area contributed by atoms with Gasteiger partial charge in [-0.1, -0.05) is 35.9 Å². The number of benzene rings is 2. The molecular formula is C27H32N4. The lowest BCUT2D eigenvalue weighted by Gasteiger charge is -2.25. The van der Waals surface area contributed by atoms with Crippen molar-refractivity contribution in [1.82, 2.24) is 9.55 Å². The standard InChI is InChI=1S/C27H32N4/c1-17-13-18(2)26(19(3)14-17)31-23-8-6-5-7-22(23)25-24(15-20(4)29-27(25)31)30(12-11-28)16-21-9-10-21/h5-8,13-15,21H,9-12,16,28H2,1-4H3. The molecule has 5 rings (SSSR count). The SMILES string of the molecule is Cc1cc(C)c(-n2c3ccccc3c3c(N(CCN)CC4CC4)cc(C)nc32)c(C)c1. The number of aromatic nitrogens is 2. The van der Waals surface area contributed by atoms with Gasteiger partial charge in [0.1, 0.15) is 5.65 Å². The Hall–Kier alpha value is -2.85. The van der Waals surface area contributed by atoms with Gasteiger partial charge in [-0.15, -0.1) is 0 Å². The Kier molecular flexibility index (Phi) is 4.98. The highest BCUT2D eigenvalue weighted by Crippen LogP contribution is 2.40. The zero-order valence-electron chi connectivity index (χ0n) is 19.1. The van der Waals surface area contributed by atoms with Crippen molar-refractivity contribution < 1.29 is 0 Å². The molecule has 0 spiro atoms. The number of nitrogens with zero attached hydrogens (tertiary/aromatic N) is 3. The van der Waals surface area contributed by atoms with Crippen molar-refractivity contribution in [3.05, 3.63) is 64.8 Å². The van der Waals surface area contributed by atoms with Crippen molar-refractivity contribution in [3.63, 3.8) is 0 Å². The minimum Gasteiger partial charge on any atom is -0.369 e. The lowest BCUT2D eigenvalue weighted by Crippen LogP contribution is -2.31. The van der Waals surface area contributed by atoms with Crippen molar-refractivity contribution >= 4 is 27.6 Å². The summed E-state index contributed by atoms with van der Waals surface area (Å²) in [6.45, 7) is 11.3. The second-order valence-corrected chi connectivity index (χ2v) is 9.26. The number of rotatable bonds is 6. The highest BCUT2D eigenvalue weighted by molar-refractivity contribution is 6.14. The van der Waals surface area contributed by atoms with Crippen LogP contribution in [-0.4, -0.2) is 29.2 Å². The van der Waals surface area contributed by atoms with Crippen LogP contribution in [0.15, 0.2) is 42.5 Å². The predicted molar refractivity (Wildman–Crippen MR) is 132 cm³/mol. The second-order valence-electron chi connectivity index (χ2n) is 9.26. The van der Waals surface area contributed by atoms with Crippen LogP contribution in [0.1, 0.15) is 35.2 Å². The average molecular weight is 413 g/mol. The minimum absolute atomic E-state index is 0.657. The van der Waals surface area contributed by atoms with Crippen LogP contribution in [0.4, 0.5) is 5.69 Å². The van der Waals surface area contributed by atoms with Crippen LogP contribution in [-0.2, 0) is 0 Å². The van der Waals surface area contributed by atoms with Crippen LogP contribution < -0.4 is 10.6 Å². The van der Waals surface area contributed by atoms with E-state index in [-0.39, 0.29) is 0 Å². The normalized spacial score (nSPS) is 14.0. The molecule has 31 heavy (non-hydrogen) atoms. The average Bonchev–Trinajstić information content (AvgIpc) is 3.48. The fourth-order valence-corrected chi connectivity index (χ4v) is 5.13. The fraction of sp³-hybridized carbons (Fsp3) is 0.370. The summed E-state index contributed by atoms with van der Waals surface area (Å²) in [4.78, 5) is 7.60. The quantitative estimate of drug-likeness (QED) is 0.449. The van der Waals surface area contributed by atoms with Crippen molar-refractivity contribution in [2.75, 3.05) is 24.5 Å². The van der Waals surface area contributed by atoms with Gasteiger partial charge in [0.2, 0.25) is 0 Å². The van der Waals surface area contributed by atoms with Crippen LogP contribution in [0.5, 0.6) is 0 Å². The van der Waals surface area contributed by atoms with Gasteiger partial charge in [0.05, 0.1) is 22.3 Å². The Morgan fingerprint density at radius 2 is 1.74 bits per heavy atom. The molecule has 4 nitrogen and oxygen atoms in total. The lowest BCUT2D eigenvalue weighted by atomic mass is 10.0. The first-order valence-electron chi connectivity index (χ1n) is 11.4. The van der Waals surface area contributed by atoms with Gasteiger partial charge in [0.15, 0.2) is 0 Å². The van der Waals surface area contributed by atoms with Gasteiger partial charge in [-0.25, -0.2) is 4.98 Å². The van der Waals surface area contributed by atoms with Crippen molar-refractivity contribution in [3.8, 4) is 5.69 Å². The Balaban J connectivity index is 1.87. The van der Waals surface area contributed by atoms with E-state index in [0.29, 0.717) is 6.54 Å². The molecular weight excluding hydrogens is 380 g/mol. The number of pyridine rings is 1. The molecule has 0 unspecified atom stereocenters. The van der Waals surface area contributed by atoms with Crippen LogP contribution >= 0.6 is 0 Å². The topological polar surface area (TPSA) is 47.1 Å². The Morgan fingerprint density at radius 3 is 2.42 bits per heavy atom. The molecule has 2 aromatic heterocycles. The third kappa shape index (κ3) is 3.49. The number of hydrogen-bond donors (Lipinski definition) is 1. The van der Waals surface area contributed by atoms with Gasteiger partial charge in [0, 0.05) is 30.7 Å². The van der Waals surface area contributed by atoms with Crippen LogP contribution in [0.2, 0.25) is 0 Å². The smallest absolute Gasteiger partial charge is 0.147 e. The summed E-state index contributed by atoms with van der Waals surface area (Å²) >= 11 is 0. The maximum atomic E-state index is 6.05. The van der Waals surface area contributed by atoms with E-state index < -0.39 is 0 Å². The Morgan fingerprint density at radius 1 is 1.03 bits per heavy atom. The molecule has 160 valence electrons. The van der Waals surface area contributed by atoms with Gasteiger partial charge in [-0.3, -0.25) is 4.57 Å². The molecule has 1 saturated carbocycles. The molecule has 0 radical (unpaired) electrons. The van der Waals surface area contributed by atoms with E-state index in [1.807, 2.05) is 0 Å². The molecule has 2 N–H and O–H groups in total. The number of nitrogens with two attached hydrogens (primary N) is 1. The molecule has 2 aromatic carbocycles. The number of para-hydroxylation sites is 1. The molecule has 1 aliphatic carbocycles. The van der Waals surface area contributed by atoms with E-state index in [4.69, 9.17) is 10.7 Å².